The lowest BCUT2D eigenvalue weighted by Gasteiger charge is -2.26. The zero-order valence-electron chi connectivity index (χ0n) is 32.2. The molecule has 0 atom stereocenters. The van der Waals surface area contributed by atoms with Gasteiger partial charge in [-0.05, 0) is 117 Å². The van der Waals surface area contributed by atoms with Crippen LogP contribution in [-0.2, 0) is 0 Å². The van der Waals surface area contributed by atoms with Crippen molar-refractivity contribution in [2.75, 3.05) is 9.80 Å². The molecule has 0 aliphatic rings. The monoisotopic (exact) mass is 754 g/mol. The molecule has 11 rings (SSSR count). The van der Waals surface area contributed by atoms with Gasteiger partial charge in [-0.1, -0.05) is 146 Å². The molecule has 0 bridgehead atoms. The van der Waals surface area contributed by atoms with Gasteiger partial charge >= 0.3 is 0 Å². The highest BCUT2D eigenvalue weighted by molar-refractivity contribution is 6.30. The Labute approximate surface area is 343 Å². The molecule has 0 radical (unpaired) electrons. The Morgan fingerprint density at radius 1 is 0.254 bits per heavy atom. The van der Waals surface area contributed by atoms with E-state index in [1.165, 1.54) is 33.0 Å². The van der Waals surface area contributed by atoms with Gasteiger partial charge in [0.05, 0.1) is 0 Å². The Hall–Kier alpha value is -7.88. The molecule has 3 heteroatoms. The molecule has 10 aromatic carbocycles. The summed E-state index contributed by atoms with van der Waals surface area (Å²) in [7, 11) is 0. The first-order valence-electron chi connectivity index (χ1n) is 20.1. The predicted molar refractivity (Wildman–Crippen MR) is 249 cm³/mol. The van der Waals surface area contributed by atoms with Crippen molar-refractivity contribution in [1.82, 2.24) is 0 Å². The highest BCUT2D eigenvalue weighted by atomic mass is 16.3. The first kappa shape index (κ1) is 34.4. The summed E-state index contributed by atoms with van der Waals surface area (Å²) in [6.45, 7) is 0. The van der Waals surface area contributed by atoms with Gasteiger partial charge < -0.3 is 14.2 Å². The van der Waals surface area contributed by atoms with Crippen LogP contribution in [0.3, 0.4) is 0 Å². The van der Waals surface area contributed by atoms with Crippen LogP contribution in [0.2, 0.25) is 0 Å². The Bertz CT molecular complexity index is 3110. The van der Waals surface area contributed by atoms with E-state index in [2.05, 4.69) is 240 Å². The number of rotatable bonds is 8. The Morgan fingerprint density at radius 2 is 0.644 bits per heavy atom. The molecule has 0 aliphatic carbocycles. The molecule has 0 N–H and O–H groups in total. The summed E-state index contributed by atoms with van der Waals surface area (Å²) in [4.78, 5) is 4.64. The number of hydrogen-bond donors (Lipinski definition) is 0. The van der Waals surface area contributed by atoms with Crippen LogP contribution in [0.4, 0.5) is 34.1 Å². The van der Waals surface area contributed by atoms with Crippen molar-refractivity contribution in [1.29, 1.82) is 0 Å². The second kappa shape index (κ2) is 14.6. The van der Waals surface area contributed by atoms with E-state index >= 15 is 0 Å². The number of furan rings is 1. The molecule has 278 valence electrons. The van der Waals surface area contributed by atoms with E-state index in [1.807, 2.05) is 0 Å². The largest absolute Gasteiger partial charge is 0.455 e. The zero-order valence-corrected chi connectivity index (χ0v) is 32.2. The van der Waals surface area contributed by atoms with Gasteiger partial charge in [-0.2, -0.15) is 0 Å². The van der Waals surface area contributed by atoms with Gasteiger partial charge in [0.2, 0.25) is 0 Å². The van der Waals surface area contributed by atoms with Crippen molar-refractivity contribution in [3.8, 4) is 22.3 Å². The molecular weight excluding hydrogens is 717 g/mol. The summed E-state index contributed by atoms with van der Waals surface area (Å²) in [5.74, 6) is 0. The van der Waals surface area contributed by atoms with Crippen LogP contribution in [0.1, 0.15) is 0 Å². The van der Waals surface area contributed by atoms with Crippen LogP contribution in [0, 0.1) is 0 Å². The summed E-state index contributed by atoms with van der Waals surface area (Å²) in [6.07, 6.45) is 0. The molecule has 11 aromatic rings. The molecular formula is C56H38N2O. The first-order valence-corrected chi connectivity index (χ1v) is 20.1. The molecule has 1 heterocycles. The van der Waals surface area contributed by atoms with Crippen molar-refractivity contribution in [3.05, 3.63) is 231 Å². The second-order valence-corrected chi connectivity index (χ2v) is 14.9. The molecule has 0 saturated carbocycles. The van der Waals surface area contributed by atoms with Gasteiger partial charge in [0.1, 0.15) is 11.2 Å². The van der Waals surface area contributed by atoms with E-state index in [1.54, 1.807) is 0 Å². The number of para-hydroxylation sites is 2. The highest BCUT2D eigenvalue weighted by Gasteiger charge is 2.21. The normalized spacial score (nSPS) is 11.4. The molecule has 0 amide bonds. The maximum atomic E-state index is 6.98. The molecule has 0 fully saturated rings. The summed E-state index contributed by atoms with van der Waals surface area (Å²) < 4.78 is 6.98. The summed E-state index contributed by atoms with van der Waals surface area (Å²) in [6, 6.07) is 82.1. The molecule has 0 saturated heterocycles. The first-order chi connectivity index (χ1) is 29.3. The smallest absolute Gasteiger partial charge is 0.143 e. The predicted octanol–water partition coefficient (Wildman–Crippen LogP) is 16.2. The van der Waals surface area contributed by atoms with E-state index in [9.17, 15) is 0 Å². The van der Waals surface area contributed by atoms with Crippen LogP contribution in [0.5, 0.6) is 0 Å². The van der Waals surface area contributed by atoms with Crippen molar-refractivity contribution < 1.29 is 4.42 Å². The van der Waals surface area contributed by atoms with Gasteiger partial charge in [0.25, 0.3) is 0 Å². The van der Waals surface area contributed by atoms with Crippen LogP contribution in [0.15, 0.2) is 235 Å². The third kappa shape index (κ3) is 6.17. The highest BCUT2D eigenvalue weighted by Crippen LogP contribution is 2.46. The molecule has 1 aromatic heterocycles. The maximum Gasteiger partial charge on any atom is 0.143 e. The topological polar surface area (TPSA) is 19.6 Å². The number of fused-ring (bicyclic) bond motifs is 8. The second-order valence-electron chi connectivity index (χ2n) is 14.9. The van der Waals surface area contributed by atoms with E-state index in [0.717, 1.165) is 66.8 Å². The summed E-state index contributed by atoms with van der Waals surface area (Å²) in [5.41, 5.74) is 13.0. The van der Waals surface area contributed by atoms with Crippen molar-refractivity contribution in [3.63, 3.8) is 0 Å². The van der Waals surface area contributed by atoms with E-state index in [0.29, 0.717) is 0 Å². The quantitative estimate of drug-likeness (QED) is 0.144. The Kier molecular flexibility index (Phi) is 8.49. The summed E-state index contributed by atoms with van der Waals surface area (Å²) >= 11 is 0. The van der Waals surface area contributed by atoms with Gasteiger partial charge in [-0.25, -0.2) is 0 Å². The van der Waals surface area contributed by atoms with E-state index in [4.69, 9.17) is 4.42 Å². The van der Waals surface area contributed by atoms with Gasteiger partial charge in [0.15, 0.2) is 0 Å². The van der Waals surface area contributed by atoms with E-state index in [-0.39, 0.29) is 0 Å². The van der Waals surface area contributed by atoms with Crippen molar-refractivity contribution in [2.45, 2.75) is 0 Å². The lowest BCUT2D eigenvalue weighted by molar-refractivity contribution is 0.673. The Morgan fingerprint density at radius 3 is 1.17 bits per heavy atom. The van der Waals surface area contributed by atoms with Crippen molar-refractivity contribution >= 4 is 77.6 Å². The van der Waals surface area contributed by atoms with Crippen LogP contribution < -0.4 is 9.80 Å². The van der Waals surface area contributed by atoms with Gasteiger partial charge in [-0.15, -0.1) is 0 Å². The van der Waals surface area contributed by atoms with Gasteiger partial charge in [-0.3, -0.25) is 0 Å². The number of nitrogens with zero attached hydrogens (tertiary/aromatic N) is 2. The molecule has 59 heavy (non-hydrogen) atoms. The number of benzene rings is 10. The minimum absolute atomic E-state index is 0.856. The average molecular weight is 755 g/mol. The zero-order chi connectivity index (χ0) is 39.1. The fourth-order valence-electron chi connectivity index (χ4n) is 8.63. The SMILES string of the molecule is c1ccc(-c2ccc(N(c3ccc(-c4ccccc4)cc3)c3ccc4c(c3)c3ccccc3c3c5ccc(N(c6ccccc6)c6ccccc6)cc5oc43)cc2)cc1. The third-order valence-corrected chi connectivity index (χ3v) is 11.4. The standard InChI is InChI=1S/C56H38N2O/c1-5-15-39(16-6-1)41-25-29-45(30-26-41)58(46-31-27-42(28-32-46)40-17-7-2-8-18-40)47-33-35-51-53(37-47)49-23-13-14-24-50(49)55-52-36-34-48(38-54(52)59-56(51)55)57(43-19-9-3-10-20-43)44-21-11-4-12-22-44/h1-38H. The minimum atomic E-state index is 0.856. The third-order valence-electron chi connectivity index (χ3n) is 11.4. The van der Waals surface area contributed by atoms with E-state index < -0.39 is 0 Å². The van der Waals surface area contributed by atoms with Crippen LogP contribution >= 0.6 is 0 Å². The molecule has 0 spiro atoms. The van der Waals surface area contributed by atoms with Gasteiger partial charge in [0, 0.05) is 56.3 Å². The molecule has 0 aliphatic heterocycles. The lowest BCUT2D eigenvalue weighted by Crippen LogP contribution is -2.10. The molecule has 0 unspecified atom stereocenters. The number of anilines is 6. The number of hydrogen-bond acceptors (Lipinski definition) is 3. The Balaban J connectivity index is 1.08. The van der Waals surface area contributed by atoms with Crippen LogP contribution in [0.25, 0.3) is 65.7 Å². The average Bonchev–Trinajstić information content (AvgIpc) is 3.70. The lowest BCUT2D eigenvalue weighted by atomic mass is 9.96. The van der Waals surface area contributed by atoms with Crippen LogP contribution in [-0.4, -0.2) is 0 Å². The van der Waals surface area contributed by atoms with Crippen molar-refractivity contribution in [2.24, 2.45) is 0 Å². The summed E-state index contributed by atoms with van der Waals surface area (Å²) in [5, 5.41) is 6.84. The molecule has 3 nitrogen and oxygen atoms in total. The minimum Gasteiger partial charge on any atom is -0.455 e. The fourth-order valence-corrected chi connectivity index (χ4v) is 8.63. The fraction of sp³-hybridized carbons (Fsp3) is 0. The maximum absolute atomic E-state index is 6.98.